The van der Waals surface area contributed by atoms with Crippen LogP contribution in [0.5, 0.6) is 5.75 Å². The van der Waals surface area contributed by atoms with Crippen molar-refractivity contribution in [1.29, 1.82) is 0 Å². The minimum atomic E-state index is -0.239. The summed E-state index contributed by atoms with van der Waals surface area (Å²) in [4.78, 5) is 44.5. The zero-order valence-corrected chi connectivity index (χ0v) is 22.2. The fourth-order valence-electron chi connectivity index (χ4n) is 4.23. The van der Waals surface area contributed by atoms with Crippen molar-refractivity contribution < 1.29 is 19.1 Å². The molecule has 3 aromatic rings. The summed E-state index contributed by atoms with van der Waals surface area (Å²) in [6.07, 6.45) is 0. The molecule has 0 saturated carbocycles. The van der Waals surface area contributed by atoms with Gasteiger partial charge in [-0.2, -0.15) is 0 Å². The highest BCUT2D eigenvalue weighted by Gasteiger charge is 2.24. The maximum atomic E-state index is 12.8. The predicted molar refractivity (Wildman–Crippen MR) is 147 cm³/mol. The number of methoxy groups -OCH3 is 1. The summed E-state index contributed by atoms with van der Waals surface area (Å²) in [6.45, 7) is 6.50. The summed E-state index contributed by atoms with van der Waals surface area (Å²) in [5.41, 5.74) is 2.36. The monoisotopic (exact) mass is 520 g/mol. The molecule has 1 aliphatic rings. The van der Waals surface area contributed by atoms with Crippen LogP contribution in [0.3, 0.4) is 0 Å². The van der Waals surface area contributed by atoms with Crippen LogP contribution in [0, 0.1) is 0 Å². The van der Waals surface area contributed by atoms with Gasteiger partial charge in [-0.15, -0.1) is 11.3 Å². The van der Waals surface area contributed by atoms with Crippen LogP contribution in [-0.2, 0) is 4.79 Å². The Bertz CT molecular complexity index is 1200. The summed E-state index contributed by atoms with van der Waals surface area (Å²) < 4.78 is 5.17. The molecule has 0 spiro atoms. The molecule has 1 aliphatic heterocycles. The van der Waals surface area contributed by atoms with E-state index in [0.29, 0.717) is 29.2 Å². The highest BCUT2D eigenvalue weighted by Crippen LogP contribution is 2.21. The first-order chi connectivity index (χ1) is 17.9. The molecule has 2 aromatic carbocycles. The molecule has 194 valence electrons. The zero-order valence-electron chi connectivity index (χ0n) is 21.3. The van der Waals surface area contributed by atoms with E-state index in [9.17, 15) is 14.4 Å². The number of piperazine rings is 1. The standard InChI is InChI=1S/C28H32N4O4S/c1-20(2)32(28(35)25-5-4-18-37-25)19-26(33)29-22-8-10-23(11-9-22)30-14-16-31(17-15-30)27(34)21-6-12-24(36-3)13-7-21/h4-13,18,20H,14-17,19H2,1-3H3,(H,29,33). The number of rotatable bonds is 8. The molecular formula is C28H32N4O4S. The van der Waals surface area contributed by atoms with Gasteiger partial charge in [-0.3, -0.25) is 14.4 Å². The molecule has 8 nitrogen and oxygen atoms in total. The average molecular weight is 521 g/mol. The van der Waals surface area contributed by atoms with Gasteiger partial charge in [0.05, 0.1) is 12.0 Å². The summed E-state index contributed by atoms with van der Waals surface area (Å²) in [5, 5.41) is 4.75. The van der Waals surface area contributed by atoms with Crippen LogP contribution in [0.4, 0.5) is 11.4 Å². The Morgan fingerprint density at radius 2 is 1.65 bits per heavy atom. The number of hydrogen-bond acceptors (Lipinski definition) is 6. The summed E-state index contributed by atoms with van der Waals surface area (Å²) in [5.74, 6) is 0.371. The molecule has 1 fully saturated rings. The summed E-state index contributed by atoms with van der Waals surface area (Å²) in [7, 11) is 1.60. The first-order valence-electron chi connectivity index (χ1n) is 12.3. The van der Waals surface area contributed by atoms with Crippen LogP contribution < -0.4 is 15.0 Å². The molecule has 37 heavy (non-hydrogen) atoms. The third-order valence-electron chi connectivity index (χ3n) is 6.35. The van der Waals surface area contributed by atoms with Crippen molar-refractivity contribution in [2.75, 3.05) is 50.1 Å². The molecule has 0 aliphatic carbocycles. The van der Waals surface area contributed by atoms with Crippen molar-refractivity contribution in [3.63, 3.8) is 0 Å². The summed E-state index contributed by atoms with van der Waals surface area (Å²) in [6, 6.07) is 18.3. The maximum Gasteiger partial charge on any atom is 0.264 e. The van der Waals surface area contributed by atoms with Gasteiger partial charge in [0.15, 0.2) is 0 Å². The Hall–Kier alpha value is -3.85. The molecule has 4 rings (SSSR count). The first-order valence-corrected chi connectivity index (χ1v) is 13.2. The Labute approximate surface area is 221 Å². The van der Waals surface area contributed by atoms with Crippen molar-refractivity contribution in [3.8, 4) is 5.75 Å². The second-order valence-corrected chi connectivity index (χ2v) is 10.1. The van der Waals surface area contributed by atoms with Crippen molar-refractivity contribution in [2.24, 2.45) is 0 Å². The minimum absolute atomic E-state index is 0.0136. The molecule has 3 amide bonds. The third kappa shape index (κ3) is 6.48. The molecule has 0 bridgehead atoms. The van der Waals surface area contributed by atoms with Crippen LogP contribution in [0.25, 0.3) is 0 Å². The van der Waals surface area contributed by atoms with Gasteiger partial charge in [-0.1, -0.05) is 6.07 Å². The van der Waals surface area contributed by atoms with Gasteiger partial charge in [0.2, 0.25) is 5.91 Å². The van der Waals surface area contributed by atoms with E-state index in [1.165, 1.54) is 11.3 Å². The fourth-order valence-corrected chi connectivity index (χ4v) is 4.90. The zero-order chi connectivity index (χ0) is 26.4. The molecule has 0 radical (unpaired) electrons. The van der Waals surface area contributed by atoms with Gasteiger partial charge in [-0.25, -0.2) is 0 Å². The molecule has 2 heterocycles. The lowest BCUT2D eigenvalue weighted by Gasteiger charge is -2.36. The number of thiophene rings is 1. The maximum absolute atomic E-state index is 12.8. The molecular weight excluding hydrogens is 488 g/mol. The smallest absolute Gasteiger partial charge is 0.264 e. The Balaban J connectivity index is 1.29. The second kappa shape index (κ2) is 11.9. The van der Waals surface area contributed by atoms with E-state index in [4.69, 9.17) is 4.74 Å². The normalized spacial score (nSPS) is 13.4. The van der Waals surface area contributed by atoms with Crippen molar-refractivity contribution in [1.82, 2.24) is 9.80 Å². The lowest BCUT2D eigenvalue weighted by atomic mass is 10.1. The second-order valence-electron chi connectivity index (χ2n) is 9.11. The van der Waals surface area contributed by atoms with E-state index in [1.54, 1.807) is 42.3 Å². The van der Waals surface area contributed by atoms with E-state index in [0.717, 1.165) is 24.5 Å². The molecule has 1 saturated heterocycles. The highest BCUT2D eigenvalue weighted by molar-refractivity contribution is 7.12. The van der Waals surface area contributed by atoms with Gasteiger partial charge in [0.25, 0.3) is 11.8 Å². The summed E-state index contributed by atoms with van der Waals surface area (Å²) >= 11 is 1.37. The van der Waals surface area contributed by atoms with Crippen LogP contribution in [0.15, 0.2) is 66.0 Å². The fraction of sp³-hybridized carbons (Fsp3) is 0.321. The third-order valence-corrected chi connectivity index (χ3v) is 7.21. The van der Waals surface area contributed by atoms with E-state index >= 15 is 0 Å². The van der Waals surface area contributed by atoms with Crippen LogP contribution in [0.1, 0.15) is 33.9 Å². The molecule has 1 N–H and O–H groups in total. The van der Waals surface area contributed by atoms with E-state index in [2.05, 4.69) is 10.2 Å². The predicted octanol–water partition coefficient (Wildman–Crippen LogP) is 4.21. The number of carbonyl (C=O) groups excluding carboxylic acids is 3. The van der Waals surface area contributed by atoms with E-state index < -0.39 is 0 Å². The Morgan fingerprint density at radius 1 is 0.973 bits per heavy atom. The van der Waals surface area contributed by atoms with Crippen LogP contribution >= 0.6 is 11.3 Å². The van der Waals surface area contributed by atoms with Crippen molar-refractivity contribution in [2.45, 2.75) is 19.9 Å². The van der Waals surface area contributed by atoms with Crippen LogP contribution in [-0.4, -0.2) is 73.4 Å². The van der Waals surface area contributed by atoms with Crippen molar-refractivity contribution >= 4 is 40.4 Å². The molecule has 1 aromatic heterocycles. The number of hydrogen-bond donors (Lipinski definition) is 1. The minimum Gasteiger partial charge on any atom is -0.497 e. The topological polar surface area (TPSA) is 82.2 Å². The number of nitrogens with zero attached hydrogens (tertiary/aromatic N) is 3. The van der Waals surface area contributed by atoms with Crippen molar-refractivity contribution in [3.05, 3.63) is 76.5 Å². The number of benzene rings is 2. The quantitative estimate of drug-likeness (QED) is 0.481. The number of ether oxygens (including phenoxy) is 1. The average Bonchev–Trinajstić information content (AvgIpc) is 3.47. The largest absolute Gasteiger partial charge is 0.497 e. The number of carbonyl (C=O) groups is 3. The molecule has 9 heteroatoms. The van der Waals surface area contributed by atoms with Gasteiger partial charge >= 0.3 is 0 Å². The van der Waals surface area contributed by atoms with Gasteiger partial charge in [0.1, 0.15) is 12.3 Å². The van der Waals surface area contributed by atoms with Gasteiger partial charge < -0.3 is 24.8 Å². The van der Waals surface area contributed by atoms with Gasteiger partial charge in [-0.05, 0) is 73.8 Å². The Morgan fingerprint density at radius 3 is 2.22 bits per heavy atom. The van der Waals surface area contributed by atoms with E-state index in [-0.39, 0.29) is 30.3 Å². The van der Waals surface area contributed by atoms with Crippen LogP contribution in [0.2, 0.25) is 0 Å². The van der Waals surface area contributed by atoms with Gasteiger partial charge in [0, 0.05) is 49.2 Å². The lowest BCUT2D eigenvalue weighted by Crippen LogP contribution is -2.48. The lowest BCUT2D eigenvalue weighted by molar-refractivity contribution is -0.117. The number of nitrogens with one attached hydrogen (secondary N) is 1. The first kappa shape index (κ1) is 26.2. The Kier molecular flexibility index (Phi) is 8.45. The van der Waals surface area contributed by atoms with E-state index in [1.807, 2.05) is 54.5 Å². The number of amides is 3. The molecule has 0 unspecified atom stereocenters. The molecule has 0 atom stereocenters. The number of anilines is 2. The SMILES string of the molecule is COc1ccc(C(=O)N2CCN(c3ccc(NC(=O)CN(C(=O)c4cccs4)C(C)C)cc3)CC2)cc1. The highest BCUT2D eigenvalue weighted by atomic mass is 32.1.